The minimum atomic E-state index is -3.56. The molecule has 0 bridgehead atoms. The summed E-state index contributed by atoms with van der Waals surface area (Å²) in [7, 11) is -3.56. The Morgan fingerprint density at radius 3 is 2.41 bits per heavy atom. The average Bonchev–Trinajstić information content (AvgIpc) is 2.67. The van der Waals surface area contributed by atoms with Crippen molar-refractivity contribution < 1.29 is 17.9 Å². The molecule has 1 atom stereocenters. The molecule has 1 aromatic carbocycles. The van der Waals surface area contributed by atoms with E-state index in [1.54, 1.807) is 37.3 Å². The number of nitrogens with zero attached hydrogens (tertiary/aromatic N) is 3. The minimum absolute atomic E-state index is 0.0276. The summed E-state index contributed by atoms with van der Waals surface area (Å²) < 4.78 is 29.2. The Labute approximate surface area is 169 Å². The SMILES string of the molecule is CC(C)Nc1nc([C@@H](C)OC(=O)c2ccccc2)cc2cnc(S(C)(=O)=O)nc12. The van der Waals surface area contributed by atoms with Gasteiger partial charge in [0, 0.05) is 23.9 Å². The number of benzene rings is 1. The Kier molecular flexibility index (Phi) is 5.78. The van der Waals surface area contributed by atoms with Gasteiger partial charge >= 0.3 is 5.97 Å². The minimum Gasteiger partial charge on any atom is -0.453 e. The predicted octanol–water partition coefficient (Wildman–Crippen LogP) is 3.17. The summed E-state index contributed by atoms with van der Waals surface area (Å²) in [6.45, 7) is 5.58. The number of carbonyl (C=O) groups is 1. The van der Waals surface area contributed by atoms with E-state index in [-0.39, 0.29) is 11.2 Å². The first-order chi connectivity index (χ1) is 13.6. The molecule has 0 aliphatic heterocycles. The summed E-state index contributed by atoms with van der Waals surface area (Å²) in [5.41, 5.74) is 1.34. The van der Waals surface area contributed by atoms with Crippen LogP contribution in [0.1, 0.15) is 42.9 Å². The Morgan fingerprint density at radius 2 is 1.79 bits per heavy atom. The number of aromatic nitrogens is 3. The van der Waals surface area contributed by atoms with Crippen LogP contribution < -0.4 is 5.32 Å². The maximum atomic E-state index is 12.4. The standard InChI is InChI=1S/C20H22N4O4S/c1-12(2)22-18-17-15(11-21-20(24-17)29(4,26)27)10-16(23-18)13(3)28-19(25)14-8-6-5-7-9-14/h5-13H,1-4H3,(H,22,23)/t13-/m1/s1. The van der Waals surface area contributed by atoms with Gasteiger partial charge in [-0.05, 0) is 39.0 Å². The van der Waals surface area contributed by atoms with Crippen molar-refractivity contribution in [1.29, 1.82) is 0 Å². The number of carbonyl (C=O) groups excluding carboxylic acids is 1. The second-order valence-corrected chi connectivity index (χ2v) is 8.88. The highest BCUT2D eigenvalue weighted by atomic mass is 32.2. The quantitative estimate of drug-likeness (QED) is 0.484. The van der Waals surface area contributed by atoms with Gasteiger partial charge in [-0.15, -0.1) is 0 Å². The molecule has 0 saturated carbocycles. The maximum absolute atomic E-state index is 12.4. The van der Waals surface area contributed by atoms with Gasteiger partial charge in [-0.1, -0.05) is 18.2 Å². The van der Waals surface area contributed by atoms with Crippen molar-refractivity contribution in [2.75, 3.05) is 11.6 Å². The lowest BCUT2D eigenvalue weighted by Crippen LogP contribution is -2.15. The summed E-state index contributed by atoms with van der Waals surface area (Å²) in [5.74, 6) is -0.0514. The van der Waals surface area contributed by atoms with E-state index in [9.17, 15) is 13.2 Å². The van der Waals surface area contributed by atoms with Crippen molar-refractivity contribution in [3.8, 4) is 0 Å². The number of rotatable bonds is 6. The molecular weight excluding hydrogens is 392 g/mol. The van der Waals surface area contributed by atoms with E-state index < -0.39 is 21.9 Å². The highest BCUT2D eigenvalue weighted by molar-refractivity contribution is 7.90. The van der Waals surface area contributed by atoms with Crippen LogP contribution in [0.2, 0.25) is 0 Å². The first-order valence-electron chi connectivity index (χ1n) is 9.05. The van der Waals surface area contributed by atoms with Gasteiger partial charge in [0.1, 0.15) is 11.6 Å². The summed E-state index contributed by atoms with van der Waals surface area (Å²) in [5, 5.41) is 3.49. The molecule has 0 radical (unpaired) electrons. The number of hydrogen-bond acceptors (Lipinski definition) is 8. The molecule has 0 saturated heterocycles. The third kappa shape index (κ3) is 4.86. The number of fused-ring (bicyclic) bond motifs is 1. The summed E-state index contributed by atoms with van der Waals surface area (Å²) in [6, 6.07) is 10.4. The third-order valence-electron chi connectivity index (χ3n) is 4.03. The van der Waals surface area contributed by atoms with E-state index in [4.69, 9.17) is 4.74 Å². The fourth-order valence-corrected chi connectivity index (χ4v) is 3.17. The van der Waals surface area contributed by atoms with E-state index in [1.165, 1.54) is 6.20 Å². The van der Waals surface area contributed by atoms with Crippen LogP contribution in [0, 0.1) is 0 Å². The van der Waals surface area contributed by atoms with E-state index in [0.717, 1.165) is 6.26 Å². The lowest BCUT2D eigenvalue weighted by molar-refractivity contribution is 0.0330. The van der Waals surface area contributed by atoms with E-state index >= 15 is 0 Å². The zero-order valence-electron chi connectivity index (χ0n) is 16.6. The van der Waals surface area contributed by atoms with Crippen LogP contribution in [-0.2, 0) is 14.6 Å². The topological polar surface area (TPSA) is 111 Å². The fraction of sp³-hybridized carbons (Fsp3) is 0.300. The molecule has 8 nitrogen and oxygen atoms in total. The number of pyridine rings is 1. The summed E-state index contributed by atoms with van der Waals surface area (Å²) in [4.78, 5) is 25.0. The first-order valence-corrected chi connectivity index (χ1v) is 10.9. The third-order valence-corrected chi connectivity index (χ3v) is 4.89. The summed E-state index contributed by atoms with van der Waals surface area (Å²) >= 11 is 0. The number of sulfone groups is 1. The number of hydrogen-bond donors (Lipinski definition) is 1. The van der Waals surface area contributed by atoms with Gasteiger partial charge in [0.05, 0.1) is 11.3 Å². The van der Waals surface area contributed by atoms with Crippen LogP contribution in [0.3, 0.4) is 0 Å². The lowest BCUT2D eigenvalue weighted by atomic mass is 10.2. The molecule has 0 aliphatic rings. The molecule has 152 valence electrons. The second-order valence-electron chi connectivity index (χ2n) is 6.97. The Bertz CT molecular complexity index is 1150. The van der Waals surface area contributed by atoms with Gasteiger partial charge in [0.2, 0.25) is 15.0 Å². The van der Waals surface area contributed by atoms with Crippen molar-refractivity contribution in [3.05, 3.63) is 53.9 Å². The van der Waals surface area contributed by atoms with Gasteiger partial charge < -0.3 is 10.1 Å². The van der Waals surface area contributed by atoms with Gasteiger partial charge in [0.15, 0.2) is 5.82 Å². The van der Waals surface area contributed by atoms with Crippen LogP contribution in [0.15, 0.2) is 47.8 Å². The number of ether oxygens (including phenoxy) is 1. The molecule has 0 spiro atoms. The molecule has 2 heterocycles. The maximum Gasteiger partial charge on any atom is 0.338 e. The van der Waals surface area contributed by atoms with Crippen molar-refractivity contribution >= 4 is 32.5 Å². The zero-order chi connectivity index (χ0) is 21.2. The molecule has 3 rings (SSSR count). The van der Waals surface area contributed by atoms with Gasteiger partial charge in [0.25, 0.3) is 0 Å². The van der Waals surface area contributed by atoms with Crippen LogP contribution in [-0.4, -0.2) is 41.6 Å². The summed E-state index contributed by atoms with van der Waals surface area (Å²) in [6.07, 6.45) is 1.85. The monoisotopic (exact) mass is 414 g/mol. The van der Waals surface area contributed by atoms with Crippen molar-refractivity contribution in [2.45, 2.75) is 38.1 Å². The average molecular weight is 414 g/mol. The largest absolute Gasteiger partial charge is 0.453 e. The highest BCUT2D eigenvalue weighted by Crippen LogP contribution is 2.26. The first kappa shape index (κ1) is 20.7. The molecule has 3 aromatic rings. The van der Waals surface area contributed by atoms with Gasteiger partial charge in [-0.25, -0.2) is 28.2 Å². The fourth-order valence-electron chi connectivity index (χ4n) is 2.67. The molecule has 29 heavy (non-hydrogen) atoms. The lowest BCUT2D eigenvalue weighted by Gasteiger charge is -2.17. The number of anilines is 1. The van der Waals surface area contributed by atoms with Crippen molar-refractivity contribution in [3.63, 3.8) is 0 Å². The van der Waals surface area contributed by atoms with Crippen LogP contribution in [0.5, 0.6) is 0 Å². The molecule has 0 unspecified atom stereocenters. The van der Waals surface area contributed by atoms with Crippen molar-refractivity contribution in [2.24, 2.45) is 0 Å². The Hall–Kier alpha value is -3.07. The van der Waals surface area contributed by atoms with E-state index in [2.05, 4.69) is 20.3 Å². The molecule has 9 heteroatoms. The Morgan fingerprint density at radius 1 is 1.10 bits per heavy atom. The van der Waals surface area contributed by atoms with Crippen molar-refractivity contribution in [1.82, 2.24) is 15.0 Å². The van der Waals surface area contributed by atoms with E-state index in [1.807, 2.05) is 19.9 Å². The predicted molar refractivity (Wildman–Crippen MR) is 109 cm³/mol. The smallest absolute Gasteiger partial charge is 0.338 e. The highest BCUT2D eigenvalue weighted by Gasteiger charge is 2.20. The zero-order valence-corrected chi connectivity index (χ0v) is 17.4. The molecule has 1 N–H and O–H groups in total. The second kappa shape index (κ2) is 8.12. The van der Waals surface area contributed by atoms with Gasteiger partial charge in [-0.3, -0.25) is 0 Å². The van der Waals surface area contributed by atoms with E-state index in [0.29, 0.717) is 28.0 Å². The van der Waals surface area contributed by atoms with Crippen LogP contribution in [0.4, 0.5) is 5.82 Å². The Balaban J connectivity index is 2.01. The number of esters is 1. The molecular formula is C20H22N4O4S. The molecule has 0 aliphatic carbocycles. The van der Waals surface area contributed by atoms with Crippen LogP contribution in [0.25, 0.3) is 10.9 Å². The van der Waals surface area contributed by atoms with Crippen LogP contribution >= 0.6 is 0 Å². The van der Waals surface area contributed by atoms with Gasteiger partial charge in [-0.2, -0.15) is 0 Å². The molecule has 0 fully saturated rings. The molecule has 0 amide bonds. The molecule has 2 aromatic heterocycles. The number of nitrogens with one attached hydrogen (secondary N) is 1. The normalized spacial score (nSPS) is 12.7.